The average molecular weight is 166 g/mol. The number of rotatable bonds is 1. The van der Waals surface area contributed by atoms with Gasteiger partial charge >= 0.3 is 0 Å². The molecule has 0 bridgehead atoms. The van der Waals surface area contributed by atoms with Gasteiger partial charge in [0, 0.05) is 5.56 Å². The van der Waals surface area contributed by atoms with Gasteiger partial charge in [0.2, 0.25) is 0 Å². The summed E-state index contributed by atoms with van der Waals surface area (Å²) in [7, 11) is 0. The van der Waals surface area contributed by atoms with Crippen LogP contribution in [0.15, 0.2) is 18.2 Å². The monoisotopic (exact) mass is 166 g/mol. The van der Waals surface area contributed by atoms with Crippen LogP contribution in [-0.2, 0) is 0 Å². The summed E-state index contributed by atoms with van der Waals surface area (Å²) in [6.07, 6.45) is 0. The third-order valence-corrected chi connectivity index (χ3v) is 1.49. The van der Waals surface area contributed by atoms with Crippen molar-refractivity contribution in [3.8, 4) is 6.07 Å². The van der Waals surface area contributed by atoms with Crippen LogP contribution in [0.3, 0.4) is 0 Å². The lowest BCUT2D eigenvalue weighted by Crippen LogP contribution is -1.95. The molecule has 0 heterocycles. The van der Waals surface area contributed by atoms with Gasteiger partial charge in [-0.15, -0.1) is 0 Å². The van der Waals surface area contributed by atoms with Gasteiger partial charge < -0.3 is 0 Å². The molecule has 0 saturated carbocycles. The first-order valence-corrected chi connectivity index (χ1v) is 3.33. The highest BCUT2D eigenvalue weighted by molar-refractivity contribution is 5.28. The van der Waals surface area contributed by atoms with Crippen LogP contribution in [0, 0.1) is 29.9 Å². The molecule has 3 heteroatoms. The minimum Gasteiger partial charge on any atom is -0.207 e. The maximum atomic E-state index is 12.8. The molecule has 61 valence electrons. The normalized spacial score (nSPS) is 12.2. The van der Waals surface area contributed by atoms with Gasteiger partial charge in [-0.25, -0.2) is 8.78 Å². The summed E-state index contributed by atoms with van der Waals surface area (Å²) in [6.45, 7) is 3.36. The third kappa shape index (κ3) is 1.59. The van der Waals surface area contributed by atoms with Crippen LogP contribution < -0.4 is 0 Å². The van der Waals surface area contributed by atoms with E-state index in [1.165, 1.54) is 0 Å². The maximum absolute atomic E-state index is 12.8. The van der Waals surface area contributed by atoms with Gasteiger partial charge in [0.25, 0.3) is 0 Å². The Morgan fingerprint density at radius 3 is 2.67 bits per heavy atom. The van der Waals surface area contributed by atoms with Crippen molar-refractivity contribution in [2.24, 2.45) is 0 Å². The van der Waals surface area contributed by atoms with Crippen LogP contribution in [0.4, 0.5) is 8.78 Å². The van der Waals surface area contributed by atoms with Crippen molar-refractivity contribution in [1.29, 1.82) is 5.26 Å². The molecular formula is C9H6F2N. The molecule has 12 heavy (non-hydrogen) atoms. The molecule has 0 aliphatic rings. The largest absolute Gasteiger partial charge is 0.207 e. The fraction of sp³-hybridized carbons (Fsp3) is 0.111. The van der Waals surface area contributed by atoms with E-state index in [2.05, 4.69) is 6.92 Å². The highest BCUT2D eigenvalue weighted by Crippen LogP contribution is 2.18. The summed E-state index contributed by atoms with van der Waals surface area (Å²) in [5.74, 6) is -2.02. The van der Waals surface area contributed by atoms with Gasteiger partial charge in [-0.05, 0) is 25.1 Å². The predicted molar refractivity (Wildman–Crippen MR) is 40.1 cm³/mol. The molecule has 0 aliphatic carbocycles. The second kappa shape index (κ2) is 3.31. The van der Waals surface area contributed by atoms with Gasteiger partial charge in [-0.2, -0.15) is 5.26 Å². The second-order valence-corrected chi connectivity index (χ2v) is 2.35. The van der Waals surface area contributed by atoms with Crippen LogP contribution in [-0.4, -0.2) is 0 Å². The first-order chi connectivity index (χ1) is 5.65. The van der Waals surface area contributed by atoms with Gasteiger partial charge in [0.05, 0.1) is 12.0 Å². The molecule has 1 atom stereocenters. The lowest BCUT2D eigenvalue weighted by Gasteiger charge is -2.03. The summed E-state index contributed by atoms with van der Waals surface area (Å²) in [6, 6.07) is 4.70. The van der Waals surface area contributed by atoms with E-state index < -0.39 is 17.6 Å². The van der Waals surface area contributed by atoms with E-state index in [-0.39, 0.29) is 5.56 Å². The SMILES string of the molecule is [CH2]C(C#N)c1cc(F)ccc1F. The number of benzene rings is 1. The van der Waals surface area contributed by atoms with Gasteiger partial charge in [0.1, 0.15) is 11.6 Å². The van der Waals surface area contributed by atoms with E-state index in [0.29, 0.717) is 0 Å². The molecule has 0 amide bonds. The molecule has 0 aromatic heterocycles. The highest BCUT2D eigenvalue weighted by atomic mass is 19.1. The summed E-state index contributed by atoms with van der Waals surface area (Å²) in [5.41, 5.74) is -0.00231. The van der Waals surface area contributed by atoms with Gasteiger partial charge in [-0.1, -0.05) is 0 Å². The first kappa shape index (κ1) is 8.66. The molecule has 0 aliphatic heterocycles. The molecule has 1 unspecified atom stereocenters. The highest BCUT2D eigenvalue weighted by Gasteiger charge is 2.10. The van der Waals surface area contributed by atoms with Gasteiger partial charge in [0.15, 0.2) is 0 Å². The van der Waals surface area contributed by atoms with Crippen molar-refractivity contribution in [3.05, 3.63) is 42.3 Å². The Bertz CT molecular complexity index is 328. The Kier molecular flexibility index (Phi) is 2.39. The lowest BCUT2D eigenvalue weighted by molar-refractivity contribution is 0.585. The van der Waals surface area contributed by atoms with Gasteiger partial charge in [-0.3, -0.25) is 0 Å². The zero-order valence-corrected chi connectivity index (χ0v) is 6.22. The molecule has 0 N–H and O–H groups in total. The van der Waals surface area contributed by atoms with E-state index in [4.69, 9.17) is 5.26 Å². The summed E-state index contributed by atoms with van der Waals surface area (Å²) >= 11 is 0. The second-order valence-electron chi connectivity index (χ2n) is 2.35. The predicted octanol–water partition coefficient (Wildman–Crippen LogP) is 2.41. The van der Waals surface area contributed by atoms with Crippen molar-refractivity contribution >= 4 is 0 Å². The Hall–Kier alpha value is -1.43. The third-order valence-electron chi connectivity index (χ3n) is 1.49. The van der Waals surface area contributed by atoms with Crippen molar-refractivity contribution in [2.45, 2.75) is 5.92 Å². The standard InChI is InChI=1S/C9H6F2N/c1-6(5-12)8-4-7(10)2-3-9(8)11/h2-4,6H,1H2. The number of nitrogens with zero attached hydrogens (tertiary/aromatic N) is 1. The lowest BCUT2D eigenvalue weighted by atomic mass is 10.0. The van der Waals surface area contributed by atoms with Crippen LogP contribution >= 0.6 is 0 Å². The van der Waals surface area contributed by atoms with Crippen LogP contribution in [0.2, 0.25) is 0 Å². The van der Waals surface area contributed by atoms with Crippen LogP contribution in [0.5, 0.6) is 0 Å². The van der Waals surface area contributed by atoms with Crippen molar-refractivity contribution in [2.75, 3.05) is 0 Å². The van der Waals surface area contributed by atoms with E-state index in [1.807, 2.05) is 0 Å². The molecule has 1 rings (SSSR count). The molecule has 1 aromatic carbocycles. The molecule has 1 radical (unpaired) electrons. The Balaban J connectivity index is 3.15. The Morgan fingerprint density at radius 2 is 2.08 bits per heavy atom. The zero-order chi connectivity index (χ0) is 9.14. The molecular weight excluding hydrogens is 160 g/mol. The molecule has 0 saturated heterocycles. The molecule has 0 fully saturated rings. The quantitative estimate of drug-likeness (QED) is 0.628. The van der Waals surface area contributed by atoms with Crippen LogP contribution in [0.25, 0.3) is 0 Å². The van der Waals surface area contributed by atoms with E-state index in [1.54, 1.807) is 6.07 Å². The van der Waals surface area contributed by atoms with Crippen molar-refractivity contribution in [1.82, 2.24) is 0 Å². The number of halogens is 2. The molecule has 0 spiro atoms. The Morgan fingerprint density at radius 1 is 1.42 bits per heavy atom. The first-order valence-electron chi connectivity index (χ1n) is 3.33. The zero-order valence-electron chi connectivity index (χ0n) is 6.22. The van der Waals surface area contributed by atoms with Crippen LogP contribution in [0.1, 0.15) is 11.5 Å². The smallest absolute Gasteiger partial charge is 0.127 e. The van der Waals surface area contributed by atoms with Crippen molar-refractivity contribution < 1.29 is 8.78 Å². The summed E-state index contributed by atoms with van der Waals surface area (Å²) in [5, 5.41) is 8.40. The average Bonchev–Trinajstić information content (AvgIpc) is 2.08. The number of nitriles is 1. The van der Waals surface area contributed by atoms with E-state index >= 15 is 0 Å². The minimum absolute atomic E-state index is 0.00231. The molecule has 1 aromatic rings. The van der Waals surface area contributed by atoms with E-state index in [9.17, 15) is 8.78 Å². The number of hydrogen-bond donors (Lipinski definition) is 0. The summed E-state index contributed by atoms with van der Waals surface area (Å²) in [4.78, 5) is 0. The summed E-state index contributed by atoms with van der Waals surface area (Å²) < 4.78 is 25.4. The van der Waals surface area contributed by atoms with Crippen molar-refractivity contribution in [3.63, 3.8) is 0 Å². The number of hydrogen-bond acceptors (Lipinski definition) is 1. The molecule has 1 nitrogen and oxygen atoms in total. The van der Waals surface area contributed by atoms with E-state index in [0.717, 1.165) is 18.2 Å². The Labute approximate surface area is 69.2 Å². The fourth-order valence-corrected chi connectivity index (χ4v) is 0.851. The minimum atomic E-state index is -0.860. The fourth-order valence-electron chi connectivity index (χ4n) is 0.851. The maximum Gasteiger partial charge on any atom is 0.127 e. The topological polar surface area (TPSA) is 23.8 Å².